The maximum Gasteiger partial charge on any atom is 0.170 e. The fourth-order valence-electron chi connectivity index (χ4n) is 0.813. The average Bonchev–Trinajstić information content (AvgIpc) is 2.65. The third kappa shape index (κ3) is 4.36. The number of hydrogen-bond donors (Lipinski definition) is 1. The number of rotatable bonds is 7. The Bertz CT molecular complexity index is 254. The smallest absolute Gasteiger partial charge is 0.170 e. The molecular formula is C8H15N3OS2. The summed E-state index contributed by atoms with van der Waals surface area (Å²) in [5, 5.41) is 0. The van der Waals surface area contributed by atoms with Crippen LogP contribution in [-0.4, -0.2) is 34.9 Å². The molecule has 0 unspecified atom stereocenters. The summed E-state index contributed by atoms with van der Waals surface area (Å²) < 4.78 is 10.5. The van der Waals surface area contributed by atoms with E-state index in [2.05, 4.69) is 16.3 Å². The molecular weight excluding hydrogens is 218 g/mol. The molecule has 14 heavy (non-hydrogen) atoms. The number of nitrogens with two attached hydrogens (primary N) is 1. The molecule has 0 saturated carbocycles. The first kappa shape index (κ1) is 11.9. The first-order valence-corrected chi connectivity index (χ1v) is 6.36. The molecule has 4 nitrogen and oxygen atoms in total. The number of thioether (sulfide) groups is 1. The van der Waals surface area contributed by atoms with Gasteiger partial charge in [-0.1, -0.05) is 18.7 Å². The highest BCUT2D eigenvalue weighted by Crippen LogP contribution is 2.19. The Morgan fingerprint density at radius 1 is 1.50 bits per heavy atom. The largest absolute Gasteiger partial charge is 0.379 e. The number of nitrogens with zero attached hydrogens (tertiary/aromatic N) is 2. The summed E-state index contributed by atoms with van der Waals surface area (Å²) in [4.78, 5) is 4.34. The van der Waals surface area contributed by atoms with E-state index in [1.807, 2.05) is 0 Å². The van der Waals surface area contributed by atoms with Crippen LogP contribution in [0.1, 0.15) is 12.7 Å². The second-order valence-electron chi connectivity index (χ2n) is 2.58. The highest BCUT2D eigenvalue weighted by molar-refractivity contribution is 8.00. The SMILES string of the molecule is CCc1nsc(SCCOCCN)n1. The highest BCUT2D eigenvalue weighted by Gasteiger charge is 2.01. The minimum absolute atomic E-state index is 0.587. The molecule has 0 amide bonds. The van der Waals surface area contributed by atoms with Crippen LogP contribution in [0.15, 0.2) is 4.34 Å². The molecule has 80 valence electrons. The Kier molecular flexibility index (Phi) is 6.09. The van der Waals surface area contributed by atoms with Crippen LogP contribution in [0.25, 0.3) is 0 Å². The second-order valence-corrected chi connectivity index (χ2v) is 4.67. The maximum absolute atomic E-state index is 5.29. The molecule has 0 aliphatic rings. The number of hydrogen-bond acceptors (Lipinski definition) is 6. The molecule has 0 saturated heterocycles. The maximum atomic E-state index is 5.29. The van der Waals surface area contributed by atoms with Crippen molar-refractivity contribution in [2.75, 3.05) is 25.5 Å². The van der Waals surface area contributed by atoms with Crippen LogP contribution in [0.2, 0.25) is 0 Å². The van der Waals surface area contributed by atoms with Crippen LogP contribution in [-0.2, 0) is 11.2 Å². The molecule has 0 atom stereocenters. The number of aromatic nitrogens is 2. The van der Waals surface area contributed by atoms with Gasteiger partial charge in [-0.15, -0.1) is 0 Å². The van der Waals surface area contributed by atoms with Gasteiger partial charge in [-0.3, -0.25) is 0 Å². The van der Waals surface area contributed by atoms with E-state index < -0.39 is 0 Å². The van der Waals surface area contributed by atoms with E-state index in [1.165, 1.54) is 11.5 Å². The Hall–Kier alpha value is -0.170. The first-order valence-electron chi connectivity index (χ1n) is 4.60. The van der Waals surface area contributed by atoms with Crippen molar-refractivity contribution in [1.82, 2.24) is 9.36 Å². The highest BCUT2D eigenvalue weighted by atomic mass is 32.2. The number of aryl methyl sites for hydroxylation is 1. The second kappa shape index (κ2) is 7.17. The van der Waals surface area contributed by atoms with Gasteiger partial charge in [0.15, 0.2) is 4.34 Å². The summed E-state index contributed by atoms with van der Waals surface area (Å²) in [5.41, 5.74) is 5.29. The third-order valence-corrected chi connectivity index (χ3v) is 3.32. The Balaban J connectivity index is 2.12. The normalized spacial score (nSPS) is 10.7. The molecule has 2 N–H and O–H groups in total. The summed E-state index contributed by atoms with van der Waals surface area (Å²) >= 11 is 3.15. The minimum Gasteiger partial charge on any atom is -0.379 e. The zero-order valence-corrected chi connectivity index (χ0v) is 9.87. The van der Waals surface area contributed by atoms with Crippen LogP contribution >= 0.6 is 23.3 Å². The van der Waals surface area contributed by atoms with Gasteiger partial charge in [-0.2, -0.15) is 4.37 Å². The lowest BCUT2D eigenvalue weighted by Crippen LogP contribution is -2.09. The van der Waals surface area contributed by atoms with Crippen molar-refractivity contribution in [3.05, 3.63) is 5.82 Å². The third-order valence-electron chi connectivity index (χ3n) is 1.48. The summed E-state index contributed by atoms with van der Waals surface area (Å²) in [6.07, 6.45) is 0.904. The van der Waals surface area contributed by atoms with Crippen LogP contribution in [0, 0.1) is 0 Å². The van der Waals surface area contributed by atoms with Gasteiger partial charge in [0.25, 0.3) is 0 Å². The molecule has 0 radical (unpaired) electrons. The van der Waals surface area contributed by atoms with Crippen LogP contribution in [0.4, 0.5) is 0 Å². The van der Waals surface area contributed by atoms with Gasteiger partial charge in [0, 0.05) is 18.7 Å². The van der Waals surface area contributed by atoms with Crippen LogP contribution in [0.3, 0.4) is 0 Å². The molecule has 0 aliphatic carbocycles. The molecule has 1 aromatic rings. The molecule has 0 bridgehead atoms. The van der Waals surface area contributed by atoms with Gasteiger partial charge in [-0.05, 0) is 11.5 Å². The molecule has 1 rings (SSSR count). The van der Waals surface area contributed by atoms with E-state index in [-0.39, 0.29) is 0 Å². The van der Waals surface area contributed by atoms with Gasteiger partial charge in [0.2, 0.25) is 0 Å². The number of ether oxygens (including phenoxy) is 1. The van der Waals surface area contributed by atoms with Crippen LogP contribution in [0.5, 0.6) is 0 Å². The van der Waals surface area contributed by atoms with Gasteiger partial charge in [0.05, 0.1) is 13.2 Å². The standard InChI is InChI=1S/C8H15N3OS2/c1-2-7-10-8(14-11-7)13-6-5-12-4-3-9/h2-6,9H2,1H3. The van der Waals surface area contributed by atoms with Crippen molar-refractivity contribution in [2.24, 2.45) is 5.73 Å². The molecule has 0 aromatic carbocycles. The summed E-state index contributed by atoms with van der Waals surface area (Å²) in [7, 11) is 0. The van der Waals surface area contributed by atoms with Crippen molar-refractivity contribution in [3.8, 4) is 0 Å². The van der Waals surface area contributed by atoms with Crippen molar-refractivity contribution >= 4 is 23.3 Å². The molecule has 0 spiro atoms. The van der Waals surface area contributed by atoms with Gasteiger partial charge in [0.1, 0.15) is 5.82 Å². The zero-order valence-electron chi connectivity index (χ0n) is 8.23. The lowest BCUT2D eigenvalue weighted by Gasteiger charge is -1.99. The van der Waals surface area contributed by atoms with E-state index in [0.29, 0.717) is 13.2 Å². The fourth-order valence-corrected chi connectivity index (χ4v) is 2.43. The zero-order chi connectivity index (χ0) is 10.2. The molecule has 1 heterocycles. The minimum atomic E-state index is 0.587. The Morgan fingerprint density at radius 3 is 3.00 bits per heavy atom. The van der Waals surface area contributed by atoms with Gasteiger partial charge in [-0.25, -0.2) is 4.98 Å². The molecule has 0 aliphatic heterocycles. The van der Waals surface area contributed by atoms with Crippen LogP contribution < -0.4 is 5.73 Å². The van der Waals surface area contributed by atoms with E-state index in [9.17, 15) is 0 Å². The topological polar surface area (TPSA) is 61.0 Å². The summed E-state index contributed by atoms with van der Waals surface area (Å²) in [6.45, 7) is 4.00. The first-order chi connectivity index (χ1) is 6.86. The van der Waals surface area contributed by atoms with E-state index >= 15 is 0 Å². The predicted octanol–water partition coefficient (Wildman–Crippen LogP) is 1.17. The molecule has 0 fully saturated rings. The van der Waals surface area contributed by atoms with Crippen molar-refractivity contribution < 1.29 is 4.74 Å². The van der Waals surface area contributed by atoms with E-state index in [0.717, 1.165) is 28.9 Å². The van der Waals surface area contributed by atoms with E-state index in [4.69, 9.17) is 10.5 Å². The average molecular weight is 233 g/mol. The van der Waals surface area contributed by atoms with Crippen molar-refractivity contribution in [2.45, 2.75) is 17.7 Å². The predicted molar refractivity (Wildman–Crippen MR) is 59.9 cm³/mol. The lowest BCUT2D eigenvalue weighted by atomic mass is 10.5. The Labute approximate surface area is 92.4 Å². The lowest BCUT2D eigenvalue weighted by molar-refractivity contribution is 0.158. The summed E-state index contributed by atoms with van der Waals surface area (Å²) in [6, 6.07) is 0. The Morgan fingerprint density at radius 2 is 2.36 bits per heavy atom. The van der Waals surface area contributed by atoms with Crippen molar-refractivity contribution in [1.29, 1.82) is 0 Å². The van der Waals surface area contributed by atoms with E-state index in [1.54, 1.807) is 11.8 Å². The quantitative estimate of drug-likeness (QED) is 0.566. The fraction of sp³-hybridized carbons (Fsp3) is 0.750. The van der Waals surface area contributed by atoms with Crippen molar-refractivity contribution in [3.63, 3.8) is 0 Å². The van der Waals surface area contributed by atoms with Gasteiger partial charge < -0.3 is 10.5 Å². The monoisotopic (exact) mass is 233 g/mol. The molecule has 1 aromatic heterocycles. The molecule has 6 heteroatoms. The van der Waals surface area contributed by atoms with Gasteiger partial charge >= 0.3 is 0 Å². The summed E-state index contributed by atoms with van der Waals surface area (Å²) in [5.74, 6) is 1.85.